The minimum absolute atomic E-state index is 0.515. The summed E-state index contributed by atoms with van der Waals surface area (Å²) in [6.07, 6.45) is 4.83. The molecule has 0 bridgehead atoms. The highest BCUT2D eigenvalue weighted by Crippen LogP contribution is 2.25. The van der Waals surface area contributed by atoms with Crippen LogP contribution in [0.15, 0.2) is 34.6 Å². The van der Waals surface area contributed by atoms with Crippen molar-refractivity contribution in [2.24, 2.45) is 10.7 Å². The summed E-state index contributed by atoms with van der Waals surface area (Å²) >= 11 is 1.88. The van der Waals surface area contributed by atoms with Gasteiger partial charge in [-0.15, -0.1) is 11.3 Å². The van der Waals surface area contributed by atoms with Crippen LogP contribution in [0.2, 0.25) is 0 Å². The van der Waals surface area contributed by atoms with Crippen LogP contribution >= 0.6 is 11.3 Å². The van der Waals surface area contributed by atoms with Crippen LogP contribution in [0.3, 0.4) is 0 Å². The second-order valence-electron chi connectivity index (χ2n) is 6.62. The second kappa shape index (κ2) is 6.95. The molecule has 3 N–H and O–H groups in total. The van der Waals surface area contributed by atoms with E-state index in [9.17, 15) is 0 Å². The smallest absolute Gasteiger partial charge is 0.193 e. The molecule has 4 rings (SSSR count). The molecule has 5 heteroatoms. The highest BCUT2D eigenvalue weighted by Gasteiger charge is 2.16. The van der Waals surface area contributed by atoms with Crippen molar-refractivity contribution in [3.8, 4) is 0 Å². The molecule has 0 saturated carbocycles. The Kier molecular flexibility index (Phi) is 4.54. The van der Waals surface area contributed by atoms with Crippen molar-refractivity contribution in [1.82, 2.24) is 4.90 Å². The maximum Gasteiger partial charge on any atom is 0.193 e. The average Bonchev–Trinajstić information content (AvgIpc) is 3.22. The first-order valence-corrected chi connectivity index (χ1v) is 9.62. The van der Waals surface area contributed by atoms with Gasteiger partial charge >= 0.3 is 0 Å². The Hall–Kier alpha value is -1.85. The molecule has 0 amide bonds. The zero-order chi connectivity index (χ0) is 16.4. The summed E-state index contributed by atoms with van der Waals surface area (Å²) in [5, 5.41) is 5.43. The average molecular weight is 340 g/mol. The number of anilines is 1. The number of guanidine groups is 1. The number of nitrogens with one attached hydrogen (secondary N) is 1. The first-order chi connectivity index (χ1) is 11.8. The molecule has 24 heavy (non-hydrogen) atoms. The van der Waals surface area contributed by atoms with E-state index in [-0.39, 0.29) is 0 Å². The molecular formula is C19H24N4S. The third-order valence-corrected chi connectivity index (χ3v) is 5.98. The molecule has 2 aromatic rings. The van der Waals surface area contributed by atoms with Crippen molar-refractivity contribution in [3.63, 3.8) is 0 Å². The van der Waals surface area contributed by atoms with E-state index in [1.54, 1.807) is 4.88 Å². The van der Waals surface area contributed by atoms with Crippen LogP contribution in [0.1, 0.15) is 28.0 Å². The quantitative estimate of drug-likeness (QED) is 0.664. The first-order valence-electron chi connectivity index (χ1n) is 8.74. The lowest BCUT2D eigenvalue weighted by Gasteiger charge is -2.26. The molecule has 0 atom stereocenters. The summed E-state index contributed by atoms with van der Waals surface area (Å²) in [4.78, 5) is 8.50. The number of rotatable bonds is 4. The number of hydrogen-bond donors (Lipinski definition) is 2. The molecule has 1 aliphatic carbocycles. The lowest BCUT2D eigenvalue weighted by atomic mass is 10.1. The number of aryl methyl sites for hydroxylation is 2. The van der Waals surface area contributed by atoms with E-state index in [1.165, 1.54) is 42.4 Å². The molecular weight excluding hydrogens is 316 g/mol. The van der Waals surface area contributed by atoms with E-state index < -0.39 is 0 Å². The van der Waals surface area contributed by atoms with Crippen LogP contribution in [0, 0.1) is 0 Å². The molecule has 0 spiro atoms. The lowest BCUT2D eigenvalue weighted by Crippen LogP contribution is -2.32. The minimum Gasteiger partial charge on any atom is -0.370 e. The Morgan fingerprint density at radius 3 is 3.04 bits per heavy atom. The van der Waals surface area contributed by atoms with E-state index in [2.05, 4.69) is 44.9 Å². The molecule has 126 valence electrons. The van der Waals surface area contributed by atoms with Gasteiger partial charge in [0.15, 0.2) is 5.96 Å². The minimum atomic E-state index is 0.515. The van der Waals surface area contributed by atoms with Gasteiger partial charge in [-0.3, -0.25) is 9.89 Å². The molecule has 0 saturated heterocycles. The fourth-order valence-corrected chi connectivity index (χ4v) is 4.54. The Balaban J connectivity index is 1.28. The highest BCUT2D eigenvalue weighted by atomic mass is 32.1. The number of aliphatic imine (C=N–C) groups is 1. The summed E-state index contributed by atoms with van der Waals surface area (Å²) in [6.45, 7) is 3.87. The van der Waals surface area contributed by atoms with Gasteiger partial charge in [-0.2, -0.15) is 0 Å². The fraction of sp³-hybridized carbons (Fsp3) is 0.421. The standard InChI is InChI=1S/C19H24N4S/c20-19(22-17-5-4-14-2-1-3-15(14)12-17)21-8-10-23-9-6-18-16(13-23)7-11-24-18/h4-5,7,11-12H,1-3,6,8-10,13H2,(H3,20,21,22). The topological polar surface area (TPSA) is 53.6 Å². The monoisotopic (exact) mass is 340 g/mol. The molecule has 0 radical (unpaired) electrons. The molecule has 0 fully saturated rings. The second-order valence-corrected chi connectivity index (χ2v) is 7.62. The lowest BCUT2D eigenvalue weighted by molar-refractivity contribution is 0.264. The SMILES string of the molecule is NC(=NCCN1CCc2sccc2C1)Nc1ccc2c(c1)CCC2. The van der Waals surface area contributed by atoms with Gasteiger partial charge in [0.25, 0.3) is 0 Å². The van der Waals surface area contributed by atoms with Gasteiger partial charge in [0.05, 0.1) is 6.54 Å². The van der Waals surface area contributed by atoms with Gasteiger partial charge < -0.3 is 11.1 Å². The van der Waals surface area contributed by atoms with Crippen molar-refractivity contribution in [1.29, 1.82) is 0 Å². The summed E-state index contributed by atoms with van der Waals surface area (Å²) < 4.78 is 0. The zero-order valence-electron chi connectivity index (χ0n) is 13.9. The number of thiophene rings is 1. The first kappa shape index (κ1) is 15.7. The maximum atomic E-state index is 6.05. The zero-order valence-corrected chi connectivity index (χ0v) is 14.7. The normalized spacial score (nSPS) is 17.6. The molecule has 1 aromatic carbocycles. The number of benzene rings is 1. The Morgan fingerprint density at radius 2 is 2.08 bits per heavy atom. The number of nitrogens with zero attached hydrogens (tertiary/aromatic N) is 2. The highest BCUT2D eigenvalue weighted by molar-refractivity contribution is 7.10. The van der Waals surface area contributed by atoms with Crippen molar-refractivity contribution >= 4 is 23.0 Å². The van der Waals surface area contributed by atoms with E-state index in [4.69, 9.17) is 5.73 Å². The van der Waals surface area contributed by atoms with Gasteiger partial charge in [0, 0.05) is 30.2 Å². The van der Waals surface area contributed by atoms with Gasteiger partial charge in [0.2, 0.25) is 0 Å². The van der Waals surface area contributed by atoms with Crippen molar-refractivity contribution in [3.05, 3.63) is 51.2 Å². The van der Waals surface area contributed by atoms with E-state index in [1.807, 2.05) is 11.3 Å². The van der Waals surface area contributed by atoms with Gasteiger partial charge in [-0.1, -0.05) is 6.07 Å². The predicted octanol–water partition coefficient (Wildman–Crippen LogP) is 3.02. The van der Waals surface area contributed by atoms with E-state index in [0.717, 1.165) is 31.9 Å². The van der Waals surface area contributed by atoms with Crippen LogP contribution in [0.4, 0.5) is 5.69 Å². The van der Waals surface area contributed by atoms with Gasteiger partial charge in [-0.25, -0.2) is 0 Å². The van der Waals surface area contributed by atoms with Crippen molar-refractivity contribution in [2.45, 2.75) is 32.2 Å². The van der Waals surface area contributed by atoms with Crippen LogP contribution in [-0.4, -0.2) is 30.5 Å². The summed E-state index contributed by atoms with van der Waals surface area (Å²) in [6, 6.07) is 8.78. The van der Waals surface area contributed by atoms with Crippen LogP contribution in [0.5, 0.6) is 0 Å². The van der Waals surface area contributed by atoms with E-state index >= 15 is 0 Å². The van der Waals surface area contributed by atoms with Crippen LogP contribution < -0.4 is 11.1 Å². The van der Waals surface area contributed by atoms with Crippen LogP contribution in [-0.2, 0) is 25.8 Å². The molecule has 4 nitrogen and oxygen atoms in total. The summed E-state index contributed by atoms with van der Waals surface area (Å²) in [5.74, 6) is 0.515. The van der Waals surface area contributed by atoms with Crippen LogP contribution in [0.25, 0.3) is 0 Å². The van der Waals surface area contributed by atoms with Crippen molar-refractivity contribution < 1.29 is 0 Å². The Labute approximate surface area is 147 Å². The molecule has 2 heterocycles. The largest absolute Gasteiger partial charge is 0.370 e. The predicted molar refractivity (Wildman–Crippen MR) is 102 cm³/mol. The molecule has 2 aliphatic rings. The number of hydrogen-bond acceptors (Lipinski definition) is 3. The summed E-state index contributed by atoms with van der Waals surface area (Å²) in [7, 11) is 0. The third kappa shape index (κ3) is 3.47. The van der Waals surface area contributed by atoms with Gasteiger partial charge in [-0.05, 0) is 66.0 Å². The maximum absolute atomic E-state index is 6.05. The van der Waals surface area contributed by atoms with E-state index in [0.29, 0.717) is 5.96 Å². The molecule has 1 aromatic heterocycles. The number of fused-ring (bicyclic) bond motifs is 2. The molecule has 0 unspecified atom stereocenters. The molecule has 1 aliphatic heterocycles. The number of nitrogens with two attached hydrogens (primary N) is 1. The summed E-state index contributed by atoms with van der Waals surface area (Å²) in [5.41, 5.74) is 11.5. The Bertz CT molecular complexity index is 750. The van der Waals surface area contributed by atoms with Gasteiger partial charge in [0.1, 0.15) is 0 Å². The third-order valence-electron chi connectivity index (χ3n) is 4.96. The van der Waals surface area contributed by atoms with Crippen molar-refractivity contribution in [2.75, 3.05) is 25.0 Å². The Morgan fingerprint density at radius 1 is 1.17 bits per heavy atom. The fourth-order valence-electron chi connectivity index (χ4n) is 3.65.